The van der Waals surface area contributed by atoms with E-state index in [2.05, 4.69) is 15.6 Å². The van der Waals surface area contributed by atoms with Crippen molar-refractivity contribution in [1.29, 1.82) is 0 Å². The van der Waals surface area contributed by atoms with Gasteiger partial charge in [-0.1, -0.05) is 67.8 Å². The van der Waals surface area contributed by atoms with Crippen molar-refractivity contribution >= 4 is 22.9 Å². The molecule has 6 nitrogen and oxygen atoms in total. The molecule has 35 heavy (non-hydrogen) atoms. The van der Waals surface area contributed by atoms with Crippen LogP contribution in [0.25, 0.3) is 10.9 Å². The van der Waals surface area contributed by atoms with Crippen LogP contribution in [0, 0.1) is 0 Å². The number of hydrogen-bond acceptors (Lipinski definition) is 3. The minimum Gasteiger partial charge on any atom is -0.446 e. The first-order valence-electron chi connectivity index (χ1n) is 12.9. The molecule has 1 aliphatic carbocycles. The number of hydrogen-bond donors (Lipinski definition) is 3. The second-order valence-electron chi connectivity index (χ2n) is 9.86. The van der Waals surface area contributed by atoms with Gasteiger partial charge < -0.3 is 20.4 Å². The summed E-state index contributed by atoms with van der Waals surface area (Å²) in [5, 5.41) is 7.03. The monoisotopic (exact) mass is 475 g/mol. The van der Waals surface area contributed by atoms with Gasteiger partial charge in [-0.3, -0.25) is 4.79 Å². The van der Waals surface area contributed by atoms with Crippen LogP contribution in [0.3, 0.4) is 0 Å². The third kappa shape index (κ3) is 6.87. The molecular formula is C29H37N3O3. The molecule has 186 valence electrons. The zero-order valence-electron chi connectivity index (χ0n) is 20.6. The Labute approximate surface area is 207 Å². The van der Waals surface area contributed by atoms with Crippen molar-refractivity contribution < 1.29 is 14.3 Å². The number of amides is 2. The molecule has 0 aliphatic heterocycles. The number of nitrogens with one attached hydrogen (secondary N) is 3. The summed E-state index contributed by atoms with van der Waals surface area (Å²) in [6, 6.07) is 18.0. The van der Waals surface area contributed by atoms with Gasteiger partial charge in [0.1, 0.15) is 11.6 Å². The van der Waals surface area contributed by atoms with Crippen molar-refractivity contribution in [2.45, 2.75) is 76.4 Å². The van der Waals surface area contributed by atoms with Crippen LogP contribution >= 0.6 is 0 Å². The molecule has 1 atom stereocenters. The number of carbonyl (C=O) groups is 2. The predicted molar refractivity (Wildman–Crippen MR) is 139 cm³/mol. The average molecular weight is 476 g/mol. The maximum Gasteiger partial charge on any atom is 0.408 e. The highest BCUT2D eigenvalue weighted by Crippen LogP contribution is 2.24. The van der Waals surface area contributed by atoms with Gasteiger partial charge in [0.25, 0.3) is 0 Å². The molecule has 3 N–H and O–H groups in total. The third-order valence-corrected chi connectivity index (χ3v) is 6.97. The molecule has 3 aromatic rings. The second-order valence-corrected chi connectivity index (χ2v) is 9.86. The molecule has 2 amide bonds. The first kappa shape index (κ1) is 24.8. The lowest BCUT2D eigenvalue weighted by molar-refractivity contribution is -0.127. The molecule has 1 unspecified atom stereocenters. The van der Waals surface area contributed by atoms with Gasteiger partial charge in [-0.2, -0.15) is 0 Å². The number of aromatic amines is 1. The molecule has 0 saturated heterocycles. The quantitative estimate of drug-likeness (QED) is 0.393. The maximum atomic E-state index is 13.5. The maximum absolute atomic E-state index is 13.5. The third-order valence-electron chi connectivity index (χ3n) is 6.97. The van der Waals surface area contributed by atoms with Crippen molar-refractivity contribution in [3.05, 3.63) is 71.9 Å². The summed E-state index contributed by atoms with van der Waals surface area (Å²) in [5.41, 5.74) is 1.99. The minimum absolute atomic E-state index is 0.0891. The van der Waals surface area contributed by atoms with Gasteiger partial charge in [-0.15, -0.1) is 0 Å². The van der Waals surface area contributed by atoms with E-state index in [1.54, 1.807) is 6.92 Å². The number of rotatable bonds is 8. The Hall–Kier alpha value is -3.28. The average Bonchev–Trinajstić information content (AvgIpc) is 3.24. The van der Waals surface area contributed by atoms with Crippen LogP contribution in [-0.4, -0.2) is 35.2 Å². The Morgan fingerprint density at radius 1 is 0.971 bits per heavy atom. The van der Waals surface area contributed by atoms with Crippen LogP contribution in [0.4, 0.5) is 4.79 Å². The fourth-order valence-corrected chi connectivity index (χ4v) is 4.94. The largest absolute Gasteiger partial charge is 0.446 e. The Balaban J connectivity index is 1.46. The molecule has 0 radical (unpaired) electrons. The Morgan fingerprint density at radius 2 is 1.66 bits per heavy atom. The lowest BCUT2D eigenvalue weighted by atomic mass is 9.91. The van der Waals surface area contributed by atoms with Crippen molar-refractivity contribution in [2.24, 2.45) is 0 Å². The van der Waals surface area contributed by atoms with Gasteiger partial charge in [0, 0.05) is 30.1 Å². The fourth-order valence-electron chi connectivity index (χ4n) is 4.94. The van der Waals surface area contributed by atoms with Crippen LogP contribution in [0.2, 0.25) is 0 Å². The number of para-hydroxylation sites is 1. The molecule has 1 fully saturated rings. The highest BCUT2D eigenvalue weighted by atomic mass is 16.6. The molecule has 1 saturated carbocycles. The van der Waals surface area contributed by atoms with Gasteiger partial charge >= 0.3 is 6.09 Å². The van der Waals surface area contributed by atoms with E-state index >= 15 is 0 Å². The number of ether oxygens (including phenoxy) is 1. The summed E-state index contributed by atoms with van der Waals surface area (Å²) in [7, 11) is 0. The molecule has 0 bridgehead atoms. The van der Waals surface area contributed by atoms with Crippen molar-refractivity contribution in [3.63, 3.8) is 0 Å². The lowest BCUT2D eigenvalue weighted by Gasteiger charge is -2.30. The predicted octanol–water partition coefficient (Wildman–Crippen LogP) is 5.67. The lowest BCUT2D eigenvalue weighted by Crippen LogP contribution is -2.58. The van der Waals surface area contributed by atoms with Crippen LogP contribution in [0.5, 0.6) is 0 Å². The molecule has 1 aliphatic rings. The number of aromatic nitrogens is 1. The number of carbonyl (C=O) groups excluding carboxylic acids is 2. The van der Waals surface area contributed by atoms with E-state index in [0.717, 1.165) is 54.1 Å². The standard InChI is InChI=1S/C29H37N3O3/c1-29(20-23-21-31-26-17-11-10-16-25(23)26,27(33)30-19-18-22-12-6-5-7-13-22)32-28(34)35-24-14-8-3-2-4-9-15-24/h5-7,10-13,16-17,21,24,31H,2-4,8-9,14-15,18-20H2,1H3,(H,30,33)(H,32,34). The van der Waals surface area contributed by atoms with Crippen molar-refractivity contribution in [2.75, 3.05) is 6.54 Å². The summed E-state index contributed by atoms with van der Waals surface area (Å²) in [5.74, 6) is -0.215. The first-order chi connectivity index (χ1) is 17.0. The van der Waals surface area contributed by atoms with Crippen molar-refractivity contribution in [3.8, 4) is 0 Å². The molecule has 4 rings (SSSR count). The minimum atomic E-state index is -1.15. The summed E-state index contributed by atoms with van der Waals surface area (Å²) in [6.07, 6.45) is 9.93. The SMILES string of the molecule is CC(Cc1c[nH]c2ccccc12)(NC(=O)OC1CCCCCCC1)C(=O)NCCc1ccccc1. The second kappa shape index (κ2) is 11.9. The van der Waals surface area contributed by atoms with E-state index in [9.17, 15) is 9.59 Å². The molecule has 2 aromatic carbocycles. The summed E-state index contributed by atoms with van der Waals surface area (Å²) in [6.45, 7) is 2.28. The van der Waals surface area contributed by atoms with Gasteiger partial charge in [0.05, 0.1) is 0 Å². The zero-order chi connectivity index (χ0) is 24.5. The van der Waals surface area contributed by atoms with Gasteiger partial charge in [0.2, 0.25) is 5.91 Å². The normalized spacial score (nSPS) is 16.6. The van der Waals surface area contributed by atoms with E-state index in [-0.39, 0.29) is 12.0 Å². The summed E-state index contributed by atoms with van der Waals surface area (Å²) < 4.78 is 5.82. The highest BCUT2D eigenvalue weighted by Gasteiger charge is 2.37. The van der Waals surface area contributed by atoms with E-state index in [0.29, 0.717) is 13.0 Å². The summed E-state index contributed by atoms with van der Waals surface area (Å²) >= 11 is 0. The van der Waals surface area contributed by atoms with Crippen LogP contribution < -0.4 is 10.6 Å². The summed E-state index contributed by atoms with van der Waals surface area (Å²) in [4.78, 5) is 29.7. The number of benzene rings is 2. The van der Waals surface area contributed by atoms with E-state index in [1.807, 2.05) is 60.8 Å². The van der Waals surface area contributed by atoms with Crippen LogP contribution in [0.1, 0.15) is 63.0 Å². The van der Waals surface area contributed by atoms with E-state index in [1.165, 1.54) is 19.3 Å². The molecule has 6 heteroatoms. The molecule has 1 heterocycles. The van der Waals surface area contributed by atoms with Crippen molar-refractivity contribution in [1.82, 2.24) is 15.6 Å². The number of fused-ring (bicyclic) bond motifs is 1. The number of H-pyrrole nitrogens is 1. The van der Waals surface area contributed by atoms with Gasteiger partial charge in [0.15, 0.2) is 0 Å². The fraction of sp³-hybridized carbons (Fsp3) is 0.448. The highest BCUT2D eigenvalue weighted by molar-refractivity contribution is 5.91. The zero-order valence-corrected chi connectivity index (χ0v) is 20.6. The first-order valence-corrected chi connectivity index (χ1v) is 12.9. The topological polar surface area (TPSA) is 83.2 Å². The Kier molecular flexibility index (Phi) is 8.45. The van der Waals surface area contributed by atoms with Gasteiger partial charge in [-0.25, -0.2) is 4.79 Å². The molecular weight excluding hydrogens is 438 g/mol. The Morgan fingerprint density at radius 3 is 2.43 bits per heavy atom. The number of alkyl carbamates (subject to hydrolysis) is 1. The van der Waals surface area contributed by atoms with Crippen LogP contribution in [-0.2, 0) is 22.4 Å². The molecule has 1 aromatic heterocycles. The smallest absolute Gasteiger partial charge is 0.408 e. The van der Waals surface area contributed by atoms with Crippen LogP contribution in [0.15, 0.2) is 60.8 Å². The van der Waals surface area contributed by atoms with E-state index in [4.69, 9.17) is 4.74 Å². The molecule has 0 spiro atoms. The van der Waals surface area contributed by atoms with Gasteiger partial charge in [-0.05, 0) is 56.2 Å². The Bertz CT molecular complexity index is 1100. The van der Waals surface area contributed by atoms with E-state index < -0.39 is 11.6 Å².